The first-order chi connectivity index (χ1) is 15.7. The third-order valence-electron chi connectivity index (χ3n) is 4.99. The van der Waals surface area contributed by atoms with E-state index in [1.165, 1.54) is 17.4 Å². The third kappa shape index (κ3) is 4.77. The van der Waals surface area contributed by atoms with Crippen LogP contribution in [0.4, 0.5) is 14.5 Å². The van der Waals surface area contributed by atoms with Crippen molar-refractivity contribution in [2.24, 2.45) is 5.73 Å². The topological polar surface area (TPSA) is 103 Å². The summed E-state index contributed by atoms with van der Waals surface area (Å²) in [5.74, 6) is -1.12. The van der Waals surface area contributed by atoms with Crippen LogP contribution in [0.1, 0.15) is 38.8 Å². The number of fused-ring (bicyclic) bond motifs is 1. The average molecular weight is 601 g/mol. The van der Waals surface area contributed by atoms with Gasteiger partial charge in [-0.3, -0.25) is 14.3 Å². The van der Waals surface area contributed by atoms with E-state index in [-0.39, 0.29) is 27.7 Å². The fourth-order valence-corrected chi connectivity index (χ4v) is 5.66. The Morgan fingerprint density at radius 1 is 1.27 bits per heavy atom. The lowest BCUT2D eigenvalue weighted by atomic mass is 10.1. The zero-order chi connectivity index (χ0) is 23.9. The number of carbonyl (C=O) groups excluding carboxylic acids is 2. The van der Waals surface area contributed by atoms with E-state index in [4.69, 9.17) is 5.73 Å². The highest BCUT2D eigenvalue weighted by Crippen LogP contribution is 2.44. The molecule has 0 saturated heterocycles. The highest BCUT2D eigenvalue weighted by Gasteiger charge is 2.25. The van der Waals surface area contributed by atoms with E-state index in [0.29, 0.717) is 17.5 Å². The summed E-state index contributed by atoms with van der Waals surface area (Å²) in [7, 11) is 0. The fourth-order valence-electron chi connectivity index (χ4n) is 3.35. The number of alkyl halides is 2. The van der Waals surface area contributed by atoms with Gasteiger partial charge in [0.25, 0.3) is 12.3 Å². The van der Waals surface area contributed by atoms with Gasteiger partial charge in [-0.2, -0.15) is 5.10 Å². The van der Waals surface area contributed by atoms with Crippen LogP contribution < -0.4 is 11.1 Å². The molecule has 0 unspecified atom stereocenters. The van der Waals surface area contributed by atoms with Crippen molar-refractivity contribution in [3.05, 3.63) is 49.1 Å². The molecular formula is C21H18F2IN5O2S2. The van der Waals surface area contributed by atoms with Gasteiger partial charge in [0.1, 0.15) is 15.4 Å². The number of nitrogens with one attached hydrogen (secondary N) is 1. The number of hydrogen-bond acceptors (Lipinski definition) is 6. The maximum absolute atomic E-state index is 13.5. The molecule has 4 rings (SSSR count). The highest BCUT2D eigenvalue weighted by atomic mass is 127. The molecule has 4 aromatic heterocycles. The molecule has 3 N–H and O–H groups in total. The molecule has 0 aromatic carbocycles. The summed E-state index contributed by atoms with van der Waals surface area (Å²) in [6, 6.07) is 5.00. The standard InChI is InChI=1S/C21H18F2IN5O2S2/c1-9-3-4-14(32-9)11-7-13(19(22)23)27-21-16(11)17(18(33-21)20(25)31)28-15(30)5-6-29-10(2)12(24)8-26-29/h3-4,7-8,19H,5-6H2,1-2H3,(H2,25,31)(H,28,30). The summed E-state index contributed by atoms with van der Waals surface area (Å²) < 4.78 is 29.8. The summed E-state index contributed by atoms with van der Waals surface area (Å²) in [4.78, 5) is 31.0. The molecule has 0 saturated carbocycles. The van der Waals surface area contributed by atoms with Gasteiger partial charge in [-0.15, -0.1) is 22.7 Å². The molecule has 7 nitrogen and oxygen atoms in total. The Morgan fingerprint density at radius 3 is 2.61 bits per heavy atom. The Kier molecular flexibility index (Phi) is 6.77. The van der Waals surface area contributed by atoms with Crippen LogP contribution in [0.3, 0.4) is 0 Å². The second kappa shape index (κ2) is 9.43. The number of hydrogen-bond donors (Lipinski definition) is 2. The van der Waals surface area contributed by atoms with Crippen LogP contribution in [0.25, 0.3) is 20.7 Å². The number of rotatable bonds is 7. The number of amides is 2. The van der Waals surface area contributed by atoms with Gasteiger partial charge in [-0.05, 0) is 54.6 Å². The minimum Gasteiger partial charge on any atom is -0.365 e. The van der Waals surface area contributed by atoms with Crippen LogP contribution in [0, 0.1) is 17.4 Å². The maximum Gasteiger partial charge on any atom is 0.280 e. The van der Waals surface area contributed by atoms with E-state index in [1.807, 2.05) is 26.0 Å². The number of nitrogens with two attached hydrogens (primary N) is 1. The monoisotopic (exact) mass is 601 g/mol. The highest BCUT2D eigenvalue weighted by molar-refractivity contribution is 14.1. The van der Waals surface area contributed by atoms with E-state index < -0.39 is 18.0 Å². The van der Waals surface area contributed by atoms with E-state index >= 15 is 0 Å². The molecule has 4 aromatic rings. The molecule has 0 bridgehead atoms. The zero-order valence-electron chi connectivity index (χ0n) is 17.5. The van der Waals surface area contributed by atoms with Crippen LogP contribution in [0.5, 0.6) is 0 Å². The molecule has 0 aliphatic rings. The predicted molar refractivity (Wildman–Crippen MR) is 134 cm³/mol. The van der Waals surface area contributed by atoms with Gasteiger partial charge in [0.05, 0.1) is 22.0 Å². The summed E-state index contributed by atoms with van der Waals surface area (Å²) in [5, 5.41) is 7.45. The number of anilines is 1. The Bertz CT molecular complexity index is 1380. The summed E-state index contributed by atoms with van der Waals surface area (Å²) in [6.07, 6.45) is -0.969. The minimum absolute atomic E-state index is 0.0663. The number of primary amides is 1. The Labute approximate surface area is 209 Å². The number of carbonyl (C=O) groups is 2. The molecule has 0 fully saturated rings. The summed E-state index contributed by atoms with van der Waals surface area (Å²) in [5.41, 5.74) is 6.79. The molecule has 12 heteroatoms. The minimum atomic E-state index is -2.79. The number of aryl methyl sites for hydroxylation is 2. The molecular weight excluding hydrogens is 583 g/mol. The van der Waals surface area contributed by atoms with Crippen molar-refractivity contribution in [2.75, 3.05) is 5.32 Å². The van der Waals surface area contributed by atoms with Crippen molar-refractivity contribution in [3.63, 3.8) is 0 Å². The Balaban J connectivity index is 1.77. The molecule has 0 spiro atoms. The van der Waals surface area contributed by atoms with Crippen LogP contribution in [0.2, 0.25) is 0 Å². The van der Waals surface area contributed by atoms with Gasteiger partial charge in [-0.1, -0.05) is 0 Å². The number of halogens is 3. The lowest BCUT2D eigenvalue weighted by Crippen LogP contribution is -2.18. The van der Waals surface area contributed by atoms with Crippen molar-refractivity contribution < 1.29 is 18.4 Å². The van der Waals surface area contributed by atoms with Gasteiger partial charge in [0.15, 0.2) is 0 Å². The van der Waals surface area contributed by atoms with Crippen molar-refractivity contribution in [3.8, 4) is 10.4 Å². The Morgan fingerprint density at radius 2 is 2.03 bits per heavy atom. The van der Waals surface area contributed by atoms with Crippen molar-refractivity contribution >= 4 is 73.0 Å². The summed E-state index contributed by atoms with van der Waals surface area (Å²) >= 11 is 4.48. The van der Waals surface area contributed by atoms with Gasteiger partial charge >= 0.3 is 0 Å². The molecule has 0 radical (unpaired) electrons. The lowest BCUT2D eigenvalue weighted by Gasteiger charge is -2.10. The number of nitrogens with zero attached hydrogens (tertiary/aromatic N) is 3. The van der Waals surface area contributed by atoms with Crippen LogP contribution >= 0.6 is 45.3 Å². The van der Waals surface area contributed by atoms with Crippen LogP contribution in [-0.4, -0.2) is 26.6 Å². The molecule has 0 atom stereocenters. The lowest BCUT2D eigenvalue weighted by molar-refractivity contribution is -0.116. The van der Waals surface area contributed by atoms with E-state index in [2.05, 4.69) is 38.0 Å². The van der Waals surface area contributed by atoms with Gasteiger partial charge in [0, 0.05) is 32.8 Å². The normalized spacial score (nSPS) is 11.5. The quantitative estimate of drug-likeness (QED) is 0.273. The first-order valence-electron chi connectivity index (χ1n) is 9.75. The summed E-state index contributed by atoms with van der Waals surface area (Å²) in [6.45, 7) is 4.16. The van der Waals surface area contributed by atoms with Gasteiger partial charge in [-0.25, -0.2) is 13.8 Å². The smallest absolute Gasteiger partial charge is 0.280 e. The van der Waals surface area contributed by atoms with Crippen LogP contribution in [-0.2, 0) is 11.3 Å². The Hall–Kier alpha value is -2.45. The van der Waals surface area contributed by atoms with E-state index in [1.54, 1.807) is 10.9 Å². The number of pyridine rings is 1. The van der Waals surface area contributed by atoms with Gasteiger partial charge in [0.2, 0.25) is 5.91 Å². The molecule has 33 heavy (non-hydrogen) atoms. The van der Waals surface area contributed by atoms with Crippen molar-refractivity contribution in [1.29, 1.82) is 0 Å². The van der Waals surface area contributed by atoms with E-state index in [0.717, 1.165) is 30.4 Å². The molecule has 2 amide bonds. The van der Waals surface area contributed by atoms with E-state index in [9.17, 15) is 18.4 Å². The number of thiophene rings is 2. The maximum atomic E-state index is 13.5. The SMILES string of the molecule is Cc1ccc(-c2cc(C(F)F)nc3sc(C(N)=O)c(NC(=O)CCn4ncc(I)c4C)c23)s1. The van der Waals surface area contributed by atoms with Crippen molar-refractivity contribution in [2.45, 2.75) is 33.2 Å². The molecule has 4 heterocycles. The first kappa shape index (κ1) is 23.7. The second-order valence-electron chi connectivity index (χ2n) is 7.26. The molecule has 0 aliphatic carbocycles. The third-order valence-corrected chi connectivity index (χ3v) is 8.18. The molecule has 172 valence electrons. The zero-order valence-corrected chi connectivity index (χ0v) is 21.3. The number of aromatic nitrogens is 3. The fraction of sp³-hybridized carbons (Fsp3) is 0.238. The van der Waals surface area contributed by atoms with Gasteiger partial charge < -0.3 is 11.1 Å². The van der Waals surface area contributed by atoms with Crippen LogP contribution in [0.15, 0.2) is 24.4 Å². The first-order valence-corrected chi connectivity index (χ1v) is 12.5. The predicted octanol–water partition coefficient (Wildman–Crippen LogP) is 5.51. The largest absolute Gasteiger partial charge is 0.365 e. The van der Waals surface area contributed by atoms with Crippen molar-refractivity contribution in [1.82, 2.24) is 14.8 Å². The average Bonchev–Trinajstić information content (AvgIpc) is 3.44. The second-order valence-corrected chi connectivity index (χ2v) is 10.7. The molecule has 0 aliphatic heterocycles.